The standard InChI is InChI=1S/C6H10N4O/c7-10-9-3-1-2-6-8-4-5-11-6/h1-5H2. The molecule has 5 heteroatoms. The largest absolute Gasteiger partial charge is 0.479 e. The van der Waals surface area contributed by atoms with Crippen molar-refractivity contribution in [3.05, 3.63) is 10.4 Å². The van der Waals surface area contributed by atoms with Crippen molar-refractivity contribution in [3.8, 4) is 0 Å². The Labute approximate surface area is 64.7 Å². The highest BCUT2D eigenvalue weighted by atomic mass is 16.5. The molecule has 0 bridgehead atoms. The van der Waals surface area contributed by atoms with E-state index in [4.69, 9.17) is 10.3 Å². The molecule has 0 fully saturated rings. The van der Waals surface area contributed by atoms with Gasteiger partial charge in [0.05, 0.1) is 6.54 Å². The van der Waals surface area contributed by atoms with E-state index in [0.29, 0.717) is 13.2 Å². The van der Waals surface area contributed by atoms with Crippen LogP contribution in [0.25, 0.3) is 10.4 Å². The van der Waals surface area contributed by atoms with E-state index in [-0.39, 0.29) is 0 Å². The molecule has 0 aliphatic carbocycles. The van der Waals surface area contributed by atoms with Gasteiger partial charge in [0.1, 0.15) is 6.61 Å². The van der Waals surface area contributed by atoms with Gasteiger partial charge in [-0.15, -0.1) is 0 Å². The topological polar surface area (TPSA) is 70.4 Å². The van der Waals surface area contributed by atoms with Gasteiger partial charge < -0.3 is 4.74 Å². The van der Waals surface area contributed by atoms with E-state index < -0.39 is 0 Å². The van der Waals surface area contributed by atoms with Crippen molar-refractivity contribution in [2.45, 2.75) is 12.8 Å². The molecule has 0 aromatic rings. The van der Waals surface area contributed by atoms with Gasteiger partial charge in [0.25, 0.3) is 0 Å². The van der Waals surface area contributed by atoms with Gasteiger partial charge in [0.2, 0.25) is 0 Å². The first-order valence-electron chi connectivity index (χ1n) is 3.60. The Morgan fingerprint density at radius 3 is 3.27 bits per heavy atom. The quantitative estimate of drug-likeness (QED) is 0.262. The molecule has 0 aromatic heterocycles. The average Bonchev–Trinajstić information content (AvgIpc) is 2.50. The van der Waals surface area contributed by atoms with Crippen molar-refractivity contribution >= 4 is 5.90 Å². The second-order valence-electron chi connectivity index (χ2n) is 2.18. The van der Waals surface area contributed by atoms with Crippen LogP contribution in [0, 0.1) is 0 Å². The number of hydrogen-bond acceptors (Lipinski definition) is 3. The van der Waals surface area contributed by atoms with E-state index in [1.807, 2.05) is 0 Å². The van der Waals surface area contributed by atoms with Crippen molar-refractivity contribution in [1.82, 2.24) is 0 Å². The number of nitrogens with zero attached hydrogens (tertiary/aromatic N) is 4. The molecule has 1 aliphatic rings. The van der Waals surface area contributed by atoms with Gasteiger partial charge >= 0.3 is 0 Å². The molecule has 60 valence electrons. The monoisotopic (exact) mass is 154 g/mol. The van der Waals surface area contributed by atoms with Crippen LogP contribution < -0.4 is 0 Å². The Bertz CT molecular complexity index is 195. The third kappa shape index (κ3) is 2.91. The molecule has 0 spiro atoms. The third-order valence-electron chi connectivity index (χ3n) is 1.36. The predicted molar refractivity (Wildman–Crippen MR) is 41.5 cm³/mol. The normalized spacial score (nSPS) is 15.1. The lowest BCUT2D eigenvalue weighted by atomic mass is 10.3. The Morgan fingerprint density at radius 1 is 1.73 bits per heavy atom. The lowest BCUT2D eigenvalue weighted by molar-refractivity contribution is 0.337. The lowest BCUT2D eigenvalue weighted by Crippen LogP contribution is -1.98. The maximum absolute atomic E-state index is 7.96. The molecule has 0 amide bonds. The molecule has 0 atom stereocenters. The van der Waals surface area contributed by atoms with E-state index in [9.17, 15) is 0 Å². The summed E-state index contributed by atoms with van der Waals surface area (Å²) in [6.07, 6.45) is 1.61. The zero-order valence-corrected chi connectivity index (χ0v) is 6.23. The summed E-state index contributed by atoms with van der Waals surface area (Å²) in [6, 6.07) is 0. The minimum Gasteiger partial charge on any atom is -0.479 e. The van der Waals surface area contributed by atoms with E-state index in [1.165, 1.54) is 0 Å². The molecule has 0 saturated heterocycles. The molecule has 0 radical (unpaired) electrons. The first-order chi connectivity index (χ1) is 5.43. The first-order valence-corrected chi connectivity index (χ1v) is 3.60. The van der Waals surface area contributed by atoms with Crippen LogP contribution >= 0.6 is 0 Å². The van der Waals surface area contributed by atoms with Crippen molar-refractivity contribution in [2.75, 3.05) is 19.7 Å². The fourth-order valence-corrected chi connectivity index (χ4v) is 0.876. The molecule has 0 unspecified atom stereocenters. The van der Waals surface area contributed by atoms with Crippen molar-refractivity contribution in [1.29, 1.82) is 0 Å². The van der Waals surface area contributed by atoms with E-state index in [1.54, 1.807) is 0 Å². The summed E-state index contributed by atoms with van der Waals surface area (Å²) < 4.78 is 5.15. The summed E-state index contributed by atoms with van der Waals surface area (Å²) in [5, 5.41) is 3.40. The molecule has 1 aliphatic heterocycles. The molecule has 0 aromatic carbocycles. The molecule has 5 nitrogen and oxygen atoms in total. The second kappa shape index (κ2) is 4.57. The summed E-state index contributed by atoms with van der Waals surface area (Å²) in [5.74, 6) is 0.804. The molecular weight excluding hydrogens is 144 g/mol. The highest BCUT2D eigenvalue weighted by molar-refractivity contribution is 5.77. The number of rotatable bonds is 4. The van der Waals surface area contributed by atoms with Gasteiger partial charge in [0, 0.05) is 17.9 Å². The van der Waals surface area contributed by atoms with Crippen LogP contribution in [0.15, 0.2) is 10.1 Å². The number of hydrogen-bond donors (Lipinski definition) is 0. The number of azide groups is 1. The highest BCUT2D eigenvalue weighted by Crippen LogP contribution is 2.01. The van der Waals surface area contributed by atoms with Crippen LogP contribution in [0.3, 0.4) is 0 Å². The maximum atomic E-state index is 7.96. The molecule has 1 heterocycles. The van der Waals surface area contributed by atoms with E-state index >= 15 is 0 Å². The Hall–Kier alpha value is -1.22. The number of ether oxygens (including phenoxy) is 1. The van der Waals surface area contributed by atoms with Gasteiger partial charge in [0.15, 0.2) is 5.90 Å². The van der Waals surface area contributed by atoms with Crippen LogP contribution in [0.4, 0.5) is 0 Å². The molecule has 1 rings (SSSR count). The van der Waals surface area contributed by atoms with Gasteiger partial charge in [-0.3, -0.25) is 4.99 Å². The average molecular weight is 154 g/mol. The zero-order valence-electron chi connectivity index (χ0n) is 6.23. The first kappa shape index (κ1) is 7.88. The summed E-state index contributed by atoms with van der Waals surface area (Å²) in [4.78, 5) is 6.74. The highest BCUT2D eigenvalue weighted by Gasteiger charge is 2.04. The molecule has 0 N–H and O–H groups in total. The summed E-state index contributed by atoms with van der Waals surface area (Å²) in [6.45, 7) is 2.01. The Kier molecular flexibility index (Phi) is 3.28. The summed E-state index contributed by atoms with van der Waals surface area (Å²) >= 11 is 0. The van der Waals surface area contributed by atoms with Gasteiger partial charge in [-0.25, -0.2) is 0 Å². The number of aliphatic imine (C=N–C) groups is 1. The zero-order chi connectivity index (χ0) is 7.94. The minimum absolute atomic E-state index is 0.527. The van der Waals surface area contributed by atoms with Gasteiger partial charge in [-0.2, -0.15) is 0 Å². The van der Waals surface area contributed by atoms with E-state index in [2.05, 4.69) is 15.0 Å². The van der Waals surface area contributed by atoms with Crippen LogP contribution in [-0.4, -0.2) is 25.6 Å². The van der Waals surface area contributed by atoms with Gasteiger partial charge in [-0.1, -0.05) is 5.11 Å². The molecule has 11 heavy (non-hydrogen) atoms. The third-order valence-corrected chi connectivity index (χ3v) is 1.36. The minimum atomic E-state index is 0.527. The predicted octanol–water partition coefficient (Wildman–Crippen LogP) is 1.51. The summed E-state index contributed by atoms with van der Waals surface area (Å²) in [7, 11) is 0. The van der Waals surface area contributed by atoms with Gasteiger partial charge in [-0.05, 0) is 12.0 Å². The van der Waals surface area contributed by atoms with Crippen molar-refractivity contribution in [3.63, 3.8) is 0 Å². The fourth-order valence-electron chi connectivity index (χ4n) is 0.876. The molecule has 0 saturated carbocycles. The van der Waals surface area contributed by atoms with Crippen LogP contribution in [-0.2, 0) is 4.74 Å². The fraction of sp³-hybridized carbons (Fsp3) is 0.833. The van der Waals surface area contributed by atoms with E-state index in [0.717, 1.165) is 25.3 Å². The van der Waals surface area contributed by atoms with Crippen LogP contribution in [0.2, 0.25) is 0 Å². The van der Waals surface area contributed by atoms with Crippen molar-refractivity contribution in [2.24, 2.45) is 10.1 Å². The maximum Gasteiger partial charge on any atom is 0.183 e. The van der Waals surface area contributed by atoms with Crippen LogP contribution in [0.5, 0.6) is 0 Å². The smallest absolute Gasteiger partial charge is 0.183 e. The summed E-state index contributed by atoms with van der Waals surface area (Å²) in [5.41, 5.74) is 7.96. The van der Waals surface area contributed by atoms with Crippen LogP contribution in [0.1, 0.15) is 12.8 Å². The Balaban J connectivity index is 2.07. The molecular formula is C6H10N4O. The second-order valence-corrected chi connectivity index (χ2v) is 2.18. The van der Waals surface area contributed by atoms with Crippen molar-refractivity contribution < 1.29 is 4.74 Å². The SMILES string of the molecule is [N-]=[N+]=NCCCC1=NCCO1. The lowest BCUT2D eigenvalue weighted by Gasteiger charge is -1.97. The Morgan fingerprint density at radius 2 is 2.64 bits per heavy atom.